The van der Waals surface area contributed by atoms with Crippen molar-refractivity contribution in [2.45, 2.75) is 12.5 Å². The van der Waals surface area contributed by atoms with E-state index in [2.05, 4.69) is 15.6 Å². The van der Waals surface area contributed by atoms with Gasteiger partial charge in [0.2, 0.25) is 12.3 Å². The highest BCUT2D eigenvalue weighted by molar-refractivity contribution is 5.84. The Bertz CT molecular complexity index is 707. The van der Waals surface area contributed by atoms with E-state index in [1.165, 1.54) is 0 Å². The second-order valence-corrected chi connectivity index (χ2v) is 5.23. The van der Waals surface area contributed by atoms with Crippen molar-refractivity contribution in [2.24, 2.45) is 0 Å². The number of amides is 2. The molecule has 0 bridgehead atoms. The molecule has 0 aliphatic heterocycles. The Morgan fingerprint density at radius 3 is 2.68 bits per heavy atom. The molecule has 0 saturated carbocycles. The minimum absolute atomic E-state index is 0.291. The summed E-state index contributed by atoms with van der Waals surface area (Å²) >= 11 is 0. The molecule has 0 radical (unpaired) electrons. The first-order chi connectivity index (χ1) is 12.2. The van der Waals surface area contributed by atoms with E-state index in [0.29, 0.717) is 36.4 Å². The van der Waals surface area contributed by atoms with Gasteiger partial charge in [-0.2, -0.15) is 0 Å². The SMILES string of the molecule is COc1ccc(CCNC(=O)C(NC=O)c2cccnc2)cc1OC. The van der Waals surface area contributed by atoms with Gasteiger partial charge in [-0.1, -0.05) is 12.1 Å². The number of nitrogens with one attached hydrogen (secondary N) is 2. The summed E-state index contributed by atoms with van der Waals surface area (Å²) in [4.78, 5) is 27.1. The second-order valence-electron chi connectivity index (χ2n) is 5.23. The molecular formula is C18H21N3O4. The van der Waals surface area contributed by atoms with Crippen molar-refractivity contribution in [1.82, 2.24) is 15.6 Å². The highest BCUT2D eigenvalue weighted by Gasteiger charge is 2.19. The third-order valence-corrected chi connectivity index (χ3v) is 3.68. The third-order valence-electron chi connectivity index (χ3n) is 3.68. The lowest BCUT2D eigenvalue weighted by molar-refractivity contribution is -0.125. The minimum Gasteiger partial charge on any atom is -0.493 e. The molecule has 0 fully saturated rings. The summed E-state index contributed by atoms with van der Waals surface area (Å²) in [6.45, 7) is 0.422. The molecule has 7 nitrogen and oxygen atoms in total. The van der Waals surface area contributed by atoms with Crippen molar-refractivity contribution >= 4 is 12.3 Å². The number of hydrogen-bond acceptors (Lipinski definition) is 5. The Hall–Kier alpha value is -3.09. The van der Waals surface area contributed by atoms with Gasteiger partial charge in [0.15, 0.2) is 11.5 Å². The van der Waals surface area contributed by atoms with Gasteiger partial charge in [-0.3, -0.25) is 14.6 Å². The first-order valence-electron chi connectivity index (χ1n) is 7.77. The largest absolute Gasteiger partial charge is 0.493 e. The standard InChI is InChI=1S/C18H21N3O4/c1-24-15-6-5-13(10-16(15)25-2)7-9-20-18(23)17(21-12-22)14-4-3-8-19-11-14/h3-6,8,10-12,17H,7,9H2,1-2H3,(H,20,23)(H,21,22). The summed E-state index contributed by atoms with van der Waals surface area (Å²) in [5.74, 6) is 1.00. The van der Waals surface area contributed by atoms with Gasteiger partial charge in [-0.25, -0.2) is 0 Å². The summed E-state index contributed by atoms with van der Waals surface area (Å²) in [6, 6.07) is 8.29. The lowest BCUT2D eigenvalue weighted by Gasteiger charge is -2.16. The van der Waals surface area contributed by atoms with Crippen LogP contribution in [0.4, 0.5) is 0 Å². The van der Waals surface area contributed by atoms with E-state index in [1.807, 2.05) is 18.2 Å². The zero-order chi connectivity index (χ0) is 18.1. The van der Waals surface area contributed by atoms with Crippen LogP contribution < -0.4 is 20.1 Å². The number of aromatic nitrogens is 1. The molecule has 2 aromatic rings. The van der Waals surface area contributed by atoms with E-state index in [-0.39, 0.29) is 5.91 Å². The van der Waals surface area contributed by atoms with Crippen molar-refractivity contribution in [3.05, 3.63) is 53.9 Å². The molecule has 2 amide bonds. The summed E-state index contributed by atoms with van der Waals surface area (Å²) in [5.41, 5.74) is 1.62. The molecule has 0 spiro atoms. The van der Waals surface area contributed by atoms with Crippen LogP contribution in [0.5, 0.6) is 11.5 Å². The van der Waals surface area contributed by atoms with Gasteiger partial charge < -0.3 is 20.1 Å². The van der Waals surface area contributed by atoms with Crippen LogP contribution in [0.15, 0.2) is 42.7 Å². The Balaban J connectivity index is 1.95. The van der Waals surface area contributed by atoms with Crippen LogP contribution in [-0.2, 0) is 16.0 Å². The summed E-state index contributed by atoms with van der Waals surface area (Å²) in [7, 11) is 3.16. The molecule has 2 N–H and O–H groups in total. The van der Waals surface area contributed by atoms with Crippen LogP contribution in [0.1, 0.15) is 17.2 Å². The molecule has 0 aliphatic carbocycles. The first kappa shape index (κ1) is 18.3. The summed E-state index contributed by atoms with van der Waals surface area (Å²) in [5, 5.41) is 5.33. The van der Waals surface area contributed by atoms with Gasteiger partial charge in [0, 0.05) is 24.5 Å². The van der Waals surface area contributed by atoms with Crippen molar-refractivity contribution in [3.63, 3.8) is 0 Å². The lowest BCUT2D eigenvalue weighted by Crippen LogP contribution is -2.38. The maximum Gasteiger partial charge on any atom is 0.247 e. The average molecular weight is 343 g/mol. The minimum atomic E-state index is -0.767. The molecule has 1 aromatic carbocycles. The van der Waals surface area contributed by atoms with E-state index in [4.69, 9.17) is 9.47 Å². The number of ether oxygens (including phenoxy) is 2. The molecule has 1 unspecified atom stereocenters. The number of rotatable bonds is 9. The van der Waals surface area contributed by atoms with Crippen molar-refractivity contribution < 1.29 is 19.1 Å². The number of methoxy groups -OCH3 is 2. The number of pyridine rings is 1. The molecule has 1 aromatic heterocycles. The van der Waals surface area contributed by atoms with Gasteiger partial charge in [0.05, 0.1) is 14.2 Å². The highest BCUT2D eigenvalue weighted by atomic mass is 16.5. The van der Waals surface area contributed by atoms with E-state index < -0.39 is 6.04 Å². The molecule has 132 valence electrons. The van der Waals surface area contributed by atoms with E-state index >= 15 is 0 Å². The molecule has 2 rings (SSSR count). The predicted molar refractivity (Wildman–Crippen MR) is 92.4 cm³/mol. The van der Waals surface area contributed by atoms with Crippen molar-refractivity contribution in [3.8, 4) is 11.5 Å². The Morgan fingerprint density at radius 2 is 2.04 bits per heavy atom. The van der Waals surface area contributed by atoms with Crippen LogP contribution in [0, 0.1) is 0 Å². The number of benzene rings is 1. The summed E-state index contributed by atoms with van der Waals surface area (Å²) in [6.07, 6.45) is 4.28. The fourth-order valence-electron chi connectivity index (χ4n) is 2.41. The van der Waals surface area contributed by atoms with E-state index in [9.17, 15) is 9.59 Å². The average Bonchev–Trinajstić information content (AvgIpc) is 2.66. The quantitative estimate of drug-likeness (QED) is 0.669. The Kier molecular flexibility index (Phi) is 6.76. The third kappa shape index (κ3) is 4.94. The van der Waals surface area contributed by atoms with Gasteiger partial charge in [0.25, 0.3) is 0 Å². The number of carbonyl (C=O) groups is 2. The van der Waals surface area contributed by atoms with Crippen LogP contribution >= 0.6 is 0 Å². The fourth-order valence-corrected chi connectivity index (χ4v) is 2.41. The second kappa shape index (κ2) is 9.27. The van der Waals surface area contributed by atoms with Gasteiger partial charge in [-0.15, -0.1) is 0 Å². The van der Waals surface area contributed by atoms with Gasteiger partial charge >= 0.3 is 0 Å². The lowest BCUT2D eigenvalue weighted by atomic mass is 10.1. The van der Waals surface area contributed by atoms with Crippen LogP contribution in [0.25, 0.3) is 0 Å². The summed E-state index contributed by atoms with van der Waals surface area (Å²) < 4.78 is 10.5. The maximum atomic E-state index is 12.3. The zero-order valence-electron chi connectivity index (χ0n) is 14.2. The normalized spacial score (nSPS) is 11.3. The van der Waals surface area contributed by atoms with E-state index in [1.54, 1.807) is 38.7 Å². The molecule has 0 aliphatic rings. The Morgan fingerprint density at radius 1 is 1.24 bits per heavy atom. The van der Waals surface area contributed by atoms with Crippen molar-refractivity contribution in [2.75, 3.05) is 20.8 Å². The highest BCUT2D eigenvalue weighted by Crippen LogP contribution is 2.27. The molecule has 25 heavy (non-hydrogen) atoms. The molecular weight excluding hydrogens is 322 g/mol. The number of nitrogens with zero attached hydrogens (tertiary/aromatic N) is 1. The number of hydrogen-bond donors (Lipinski definition) is 2. The monoisotopic (exact) mass is 343 g/mol. The van der Waals surface area contributed by atoms with Crippen LogP contribution in [0.2, 0.25) is 0 Å². The molecule has 1 heterocycles. The van der Waals surface area contributed by atoms with E-state index in [0.717, 1.165) is 5.56 Å². The van der Waals surface area contributed by atoms with Gasteiger partial charge in [0.1, 0.15) is 6.04 Å². The fraction of sp³-hybridized carbons (Fsp3) is 0.278. The topological polar surface area (TPSA) is 89.6 Å². The number of carbonyl (C=O) groups excluding carboxylic acids is 2. The zero-order valence-corrected chi connectivity index (χ0v) is 14.2. The smallest absolute Gasteiger partial charge is 0.247 e. The maximum absolute atomic E-state index is 12.3. The predicted octanol–water partition coefficient (Wildman–Crippen LogP) is 1.24. The van der Waals surface area contributed by atoms with Crippen molar-refractivity contribution in [1.29, 1.82) is 0 Å². The Labute approximate surface area is 146 Å². The van der Waals surface area contributed by atoms with Crippen LogP contribution in [-0.4, -0.2) is 38.1 Å². The van der Waals surface area contributed by atoms with Crippen LogP contribution in [0.3, 0.4) is 0 Å². The first-order valence-corrected chi connectivity index (χ1v) is 7.77. The van der Waals surface area contributed by atoms with Gasteiger partial charge in [-0.05, 0) is 30.2 Å². The molecule has 7 heteroatoms. The molecule has 0 saturated heterocycles. The molecule has 1 atom stereocenters.